The number of esters is 1. The predicted molar refractivity (Wildman–Crippen MR) is 83.0 cm³/mol. The number of aryl methyl sites for hydroxylation is 1. The van der Waals surface area contributed by atoms with Crippen molar-refractivity contribution in [2.75, 3.05) is 6.61 Å². The lowest BCUT2D eigenvalue weighted by Crippen LogP contribution is -2.01. The maximum atomic E-state index is 12.1. The molecule has 0 unspecified atom stereocenters. The van der Waals surface area contributed by atoms with Crippen molar-refractivity contribution in [2.24, 2.45) is 0 Å². The van der Waals surface area contributed by atoms with Crippen molar-refractivity contribution in [3.05, 3.63) is 56.2 Å². The molecule has 2 heterocycles. The SMILES string of the molecule is Cc1cccc(C2=C(c3ccc(Cl)s3)COC2=O)c1C. The van der Waals surface area contributed by atoms with Gasteiger partial charge < -0.3 is 4.74 Å². The minimum absolute atomic E-state index is 0.252. The molecule has 0 radical (unpaired) electrons. The van der Waals surface area contributed by atoms with E-state index >= 15 is 0 Å². The summed E-state index contributed by atoms with van der Waals surface area (Å²) in [6.07, 6.45) is 0. The summed E-state index contributed by atoms with van der Waals surface area (Å²) >= 11 is 7.47. The summed E-state index contributed by atoms with van der Waals surface area (Å²) in [7, 11) is 0. The van der Waals surface area contributed by atoms with Crippen molar-refractivity contribution >= 4 is 40.1 Å². The lowest BCUT2D eigenvalue weighted by atomic mass is 9.94. The number of carbonyl (C=O) groups excluding carboxylic acids is 1. The van der Waals surface area contributed by atoms with Crippen LogP contribution < -0.4 is 0 Å². The molecule has 0 fully saturated rings. The van der Waals surface area contributed by atoms with Crippen LogP contribution in [0.25, 0.3) is 11.1 Å². The Morgan fingerprint density at radius 1 is 1.20 bits per heavy atom. The van der Waals surface area contributed by atoms with E-state index in [-0.39, 0.29) is 5.97 Å². The van der Waals surface area contributed by atoms with Gasteiger partial charge in [0.1, 0.15) is 6.61 Å². The fourth-order valence-corrected chi connectivity index (χ4v) is 3.45. The Labute approximate surface area is 126 Å². The zero-order valence-corrected chi connectivity index (χ0v) is 12.8. The molecule has 0 amide bonds. The van der Waals surface area contributed by atoms with Crippen LogP contribution in [-0.4, -0.2) is 12.6 Å². The van der Waals surface area contributed by atoms with Crippen LogP contribution in [0.4, 0.5) is 0 Å². The van der Waals surface area contributed by atoms with Gasteiger partial charge in [0, 0.05) is 10.5 Å². The number of rotatable bonds is 2. The quantitative estimate of drug-likeness (QED) is 0.764. The number of benzene rings is 1. The van der Waals surface area contributed by atoms with Crippen molar-refractivity contribution in [3.63, 3.8) is 0 Å². The van der Waals surface area contributed by atoms with Gasteiger partial charge in [0.15, 0.2) is 0 Å². The highest BCUT2D eigenvalue weighted by atomic mass is 35.5. The second kappa shape index (κ2) is 5.08. The smallest absolute Gasteiger partial charge is 0.339 e. The maximum Gasteiger partial charge on any atom is 0.339 e. The van der Waals surface area contributed by atoms with Crippen LogP contribution in [0.5, 0.6) is 0 Å². The van der Waals surface area contributed by atoms with Gasteiger partial charge in [-0.1, -0.05) is 29.8 Å². The Balaban J connectivity index is 2.21. The van der Waals surface area contributed by atoms with Gasteiger partial charge >= 0.3 is 5.97 Å². The first-order chi connectivity index (χ1) is 9.58. The number of halogens is 1. The van der Waals surface area contributed by atoms with Crippen LogP contribution in [0.2, 0.25) is 4.34 Å². The Morgan fingerprint density at radius 2 is 2.00 bits per heavy atom. The Kier molecular flexibility index (Phi) is 3.40. The fourth-order valence-electron chi connectivity index (χ4n) is 2.37. The molecule has 3 rings (SSSR count). The Morgan fingerprint density at radius 3 is 2.70 bits per heavy atom. The molecule has 0 atom stereocenters. The predicted octanol–water partition coefficient (Wildman–Crippen LogP) is 4.49. The molecule has 4 heteroatoms. The first-order valence-corrected chi connectivity index (χ1v) is 7.50. The Bertz CT molecular complexity index is 728. The van der Waals surface area contributed by atoms with E-state index in [2.05, 4.69) is 0 Å². The molecule has 1 aromatic heterocycles. The molecule has 20 heavy (non-hydrogen) atoms. The van der Waals surface area contributed by atoms with Gasteiger partial charge in [0.25, 0.3) is 0 Å². The van der Waals surface area contributed by atoms with E-state index in [1.54, 1.807) is 0 Å². The van der Waals surface area contributed by atoms with Crippen molar-refractivity contribution in [3.8, 4) is 0 Å². The molecule has 0 N–H and O–H groups in total. The highest BCUT2D eigenvalue weighted by Crippen LogP contribution is 2.38. The number of ether oxygens (including phenoxy) is 1. The summed E-state index contributed by atoms with van der Waals surface area (Å²) in [6, 6.07) is 9.77. The highest BCUT2D eigenvalue weighted by molar-refractivity contribution is 7.17. The van der Waals surface area contributed by atoms with Crippen molar-refractivity contribution in [1.29, 1.82) is 0 Å². The summed E-state index contributed by atoms with van der Waals surface area (Å²) in [6.45, 7) is 4.39. The molecule has 0 bridgehead atoms. The average Bonchev–Trinajstić information content (AvgIpc) is 2.99. The topological polar surface area (TPSA) is 26.3 Å². The van der Waals surface area contributed by atoms with Crippen LogP contribution >= 0.6 is 22.9 Å². The molecule has 0 saturated carbocycles. The summed E-state index contributed by atoms with van der Waals surface area (Å²) in [4.78, 5) is 13.1. The van der Waals surface area contributed by atoms with Crippen molar-refractivity contribution in [1.82, 2.24) is 0 Å². The van der Waals surface area contributed by atoms with Gasteiger partial charge in [-0.2, -0.15) is 0 Å². The zero-order chi connectivity index (χ0) is 14.3. The molecule has 2 aromatic rings. The molecule has 1 aliphatic rings. The van der Waals surface area contributed by atoms with E-state index in [9.17, 15) is 4.79 Å². The number of hydrogen-bond acceptors (Lipinski definition) is 3. The average molecular weight is 305 g/mol. The van der Waals surface area contributed by atoms with Crippen molar-refractivity contribution in [2.45, 2.75) is 13.8 Å². The summed E-state index contributed by atoms with van der Waals surface area (Å²) < 4.78 is 5.96. The van der Waals surface area contributed by atoms with E-state index in [0.717, 1.165) is 21.6 Å². The van der Waals surface area contributed by atoms with Gasteiger partial charge in [-0.3, -0.25) is 0 Å². The van der Waals surface area contributed by atoms with Crippen LogP contribution in [0.1, 0.15) is 21.6 Å². The number of carbonyl (C=O) groups is 1. The monoisotopic (exact) mass is 304 g/mol. The standard InChI is InChI=1S/C16H13ClO2S/c1-9-4-3-5-11(10(9)2)15-12(8-19-16(15)18)13-6-7-14(17)20-13/h3-7H,8H2,1-2H3. The number of thiophene rings is 1. The number of hydrogen-bond donors (Lipinski definition) is 0. The third-order valence-corrected chi connectivity index (χ3v) is 4.89. The summed E-state index contributed by atoms with van der Waals surface area (Å²) in [5.41, 5.74) is 4.83. The van der Waals surface area contributed by atoms with Gasteiger partial charge in [-0.15, -0.1) is 11.3 Å². The van der Waals surface area contributed by atoms with Gasteiger partial charge in [0.2, 0.25) is 0 Å². The van der Waals surface area contributed by atoms with Crippen LogP contribution in [0.3, 0.4) is 0 Å². The third-order valence-electron chi connectivity index (χ3n) is 3.60. The van der Waals surface area contributed by atoms with Gasteiger partial charge in [-0.05, 0) is 42.7 Å². The first kappa shape index (κ1) is 13.4. The lowest BCUT2D eigenvalue weighted by Gasteiger charge is -2.09. The first-order valence-electron chi connectivity index (χ1n) is 6.30. The number of cyclic esters (lactones) is 1. The molecule has 0 spiro atoms. The van der Waals surface area contributed by atoms with Crippen LogP contribution in [0.15, 0.2) is 30.3 Å². The second-order valence-corrected chi connectivity index (χ2v) is 6.50. The van der Waals surface area contributed by atoms with E-state index in [1.807, 2.05) is 44.2 Å². The van der Waals surface area contributed by atoms with Crippen LogP contribution in [0, 0.1) is 13.8 Å². The Hall–Kier alpha value is -1.58. The largest absolute Gasteiger partial charge is 0.457 e. The van der Waals surface area contributed by atoms with E-state index in [1.165, 1.54) is 16.9 Å². The maximum absolute atomic E-state index is 12.1. The molecule has 102 valence electrons. The van der Waals surface area contributed by atoms with Crippen molar-refractivity contribution < 1.29 is 9.53 Å². The minimum atomic E-state index is -0.252. The molecule has 2 nitrogen and oxygen atoms in total. The third kappa shape index (κ3) is 2.17. The highest BCUT2D eigenvalue weighted by Gasteiger charge is 2.29. The molecule has 0 saturated heterocycles. The lowest BCUT2D eigenvalue weighted by molar-refractivity contribution is -0.133. The molecule has 0 aliphatic carbocycles. The van der Waals surface area contributed by atoms with E-state index in [0.29, 0.717) is 16.5 Å². The van der Waals surface area contributed by atoms with Crippen LogP contribution in [-0.2, 0) is 9.53 Å². The summed E-state index contributed by atoms with van der Waals surface area (Å²) in [5, 5.41) is 0. The molecular formula is C16H13ClO2S. The summed E-state index contributed by atoms with van der Waals surface area (Å²) in [5.74, 6) is -0.252. The van der Waals surface area contributed by atoms with Gasteiger partial charge in [-0.25, -0.2) is 4.79 Å². The zero-order valence-electron chi connectivity index (χ0n) is 11.2. The minimum Gasteiger partial charge on any atom is -0.457 e. The normalized spacial score (nSPS) is 14.8. The molecule has 1 aromatic carbocycles. The fraction of sp³-hybridized carbons (Fsp3) is 0.188. The van der Waals surface area contributed by atoms with Gasteiger partial charge in [0.05, 0.1) is 9.91 Å². The second-order valence-electron chi connectivity index (χ2n) is 4.78. The molecular weight excluding hydrogens is 292 g/mol. The molecule has 1 aliphatic heterocycles. The van der Waals surface area contributed by atoms with E-state index in [4.69, 9.17) is 16.3 Å². The van der Waals surface area contributed by atoms with E-state index < -0.39 is 0 Å².